The Morgan fingerprint density at radius 1 is 0.923 bits per heavy atom. The zero-order valence-electron chi connectivity index (χ0n) is 14.1. The normalized spacial score (nSPS) is 16.1. The van der Waals surface area contributed by atoms with Crippen molar-refractivity contribution in [2.24, 2.45) is 0 Å². The first-order valence-electron chi connectivity index (χ1n) is 8.24. The van der Waals surface area contributed by atoms with Crippen molar-refractivity contribution >= 4 is 37.9 Å². The highest BCUT2D eigenvalue weighted by molar-refractivity contribution is 9.10. The van der Waals surface area contributed by atoms with Gasteiger partial charge in [0, 0.05) is 36.1 Å². The summed E-state index contributed by atoms with van der Waals surface area (Å²) < 4.78 is 27.1. The summed E-state index contributed by atoms with van der Waals surface area (Å²) >= 11 is 3.39. The topological polar surface area (TPSA) is 57.7 Å². The van der Waals surface area contributed by atoms with E-state index in [2.05, 4.69) is 15.9 Å². The summed E-state index contributed by atoms with van der Waals surface area (Å²) in [5.41, 5.74) is 1.42. The molecule has 7 heteroatoms. The summed E-state index contributed by atoms with van der Waals surface area (Å²) in [5, 5.41) is 1.23. The molecule has 0 radical (unpaired) electrons. The van der Waals surface area contributed by atoms with E-state index in [-0.39, 0.29) is 19.0 Å². The van der Waals surface area contributed by atoms with E-state index in [1.165, 1.54) is 9.71 Å². The minimum absolute atomic E-state index is 0.0886. The van der Waals surface area contributed by atoms with Gasteiger partial charge in [-0.3, -0.25) is 4.79 Å². The van der Waals surface area contributed by atoms with Crippen molar-refractivity contribution in [3.63, 3.8) is 0 Å². The second-order valence-electron chi connectivity index (χ2n) is 5.93. The molecule has 0 aromatic heterocycles. The third kappa shape index (κ3) is 4.41. The monoisotopic (exact) mass is 434 g/mol. The Bertz CT molecular complexity index is 905. The van der Waals surface area contributed by atoms with Gasteiger partial charge in [-0.15, -0.1) is 0 Å². The number of carbonyl (C=O) groups is 1. The van der Waals surface area contributed by atoms with Crippen LogP contribution in [0.3, 0.4) is 0 Å². The molecule has 0 aliphatic carbocycles. The third-order valence-corrected chi connectivity index (χ3v) is 6.48. The van der Waals surface area contributed by atoms with Crippen molar-refractivity contribution in [2.45, 2.75) is 0 Å². The fraction of sp³-hybridized carbons (Fsp3) is 0.211. The lowest BCUT2D eigenvalue weighted by Gasteiger charge is -2.33. The summed E-state index contributed by atoms with van der Waals surface area (Å²) in [6.45, 7) is 1.33. The minimum atomic E-state index is -3.50. The molecular weight excluding hydrogens is 416 g/mol. The standard InChI is InChI=1S/C19H19BrN2O3S/c20-18-9-5-4-8-17(18)19(23)21-11-13-22(14-12-21)26(24,25)15-10-16-6-2-1-3-7-16/h1-10,15H,11-14H2/b15-10+. The Labute approximate surface area is 162 Å². The number of nitrogens with zero attached hydrogens (tertiary/aromatic N) is 2. The highest BCUT2D eigenvalue weighted by Gasteiger charge is 2.28. The van der Waals surface area contributed by atoms with Gasteiger partial charge in [-0.1, -0.05) is 42.5 Å². The summed E-state index contributed by atoms with van der Waals surface area (Å²) in [5.74, 6) is -0.0886. The molecule has 136 valence electrons. The largest absolute Gasteiger partial charge is 0.336 e. The molecule has 1 heterocycles. The van der Waals surface area contributed by atoms with Crippen LogP contribution in [0.2, 0.25) is 0 Å². The number of sulfonamides is 1. The number of halogens is 1. The van der Waals surface area contributed by atoms with Crippen LogP contribution in [0.5, 0.6) is 0 Å². The van der Waals surface area contributed by atoms with E-state index in [1.807, 2.05) is 48.5 Å². The second-order valence-corrected chi connectivity index (χ2v) is 8.60. The van der Waals surface area contributed by atoms with Crippen LogP contribution in [-0.4, -0.2) is 49.7 Å². The number of piperazine rings is 1. The molecule has 0 unspecified atom stereocenters. The average Bonchev–Trinajstić information content (AvgIpc) is 2.67. The van der Waals surface area contributed by atoms with E-state index in [4.69, 9.17) is 0 Å². The Kier molecular flexibility index (Phi) is 5.90. The number of carbonyl (C=O) groups excluding carboxylic acids is 1. The highest BCUT2D eigenvalue weighted by atomic mass is 79.9. The van der Waals surface area contributed by atoms with E-state index < -0.39 is 10.0 Å². The van der Waals surface area contributed by atoms with Gasteiger partial charge in [0.1, 0.15) is 0 Å². The Hall–Kier alpha value is -1.96. The van der Waals surface area contributed by atoms with Gasteiger partial charge in [-0.25, -0.2) is 8.42 Å². The first-order valence-corrected chi connectivity index (χ1v) is 10.5. The van der Waals surface area contributed by atoms with Gasteiger partial charge in [0.25, 0.3) is 5.91 Å². The Balaban J connectivity index is 1.63. The zero-order chi connectivity index (χ0) is 18.6. The molecule has 1 amide bonds. The van der Waals surface area contributed by atoms with Crippen LogP contribution in [0, 0.1) is 0 Å². The van der Waals surface area contributed by atoms with Crippen LogP contribution in [-0.2, 0) is 10.0 Å². The van der Waals surface area contributed by atoms with E-state index in [0.717, 1.165) is 10.0 Å². The smallest absolute Gasteiger partial charge is 0.255 e. The maximum Gasteiger partial charge on any atom is 0.255 e. The average molecular weight is 435 g/mol. The second kappa shape index (κ2) is 8.16. The molecule has 3 rings (SSSR count). The molecule has 2 aromatic carbocycles. The van der Waals surface area contributed by atoms with E-state index in [0.29, 0.717) is 18.7 Å². The van der Waals surface area contributed by atoms with Crippen LogP contribution in [0.15, 0.2) is 64.5 Å². The van der Waals surface area contributed by atoms with Crippen LogP contribution < -0.4 is 0 Å². The molecule has 1 aliphatic heterocycles. The molecule has 0 bridgehead atoms. The first kappa shape index (κ1) is 18.8. The van der Waals surface area contributed by atoms with Gasteiger partial charge in [0.2, 0.25) is 10.0 Å². The molecule has 0 atom stereocenters. The predicted octanol–water partition coefficient (Wildman–Crippen LogP) is 3.21. The van der Waals surface area contributed by atoms with E-state index in [1.54, 1.807) is 17.0 Å². The van der Waals surface area contributed by atoms with Gasteiger partial charge in [-0.2, -0.15) is 4.31 Å². The van der Waals surface area contributed by atoms with Gasteiger partial charge in [0.15, 0.2) is 0 Å². The molecule has 1 saturated heterocycles. The van der Waals surface area contributed by atoms with Gasteiger partial charge < -0.3 is 4.90 Å². The summed E-state index contributed by atoms with van der Waals surface area (Å²) in [4.78, 5) is 14.3. The molecule has 1 aliphatic rings. The first-order chi connectivity index (χ1) is 12.5. The SMILES string of the molecule is O=C(c1ccccc1Br)N1CCN(S(=O)(=O)/C=C/c2ccccc2)CC1. The maximum atomic E-state index is 12.6. The quantitative estimate of drug-likeness (QED) is 0.741. The fourth-order valence-electron chi connectivity index (χ4n) is 2.77. The van der Waals surface area contributed by atoms with Crippen molar-refractivity contribution < 1.29 is 13.2 Å². The van der Waals surface area contributed by atoms with Gasteiger partial charge in [0.05, 0.1) is 5.56 Å². The van der Waals surface area contributed by atoms with E-state index >= 15 is 0 Å². The van der Waals surface area contributed by atoms with Crippen LogP contribution in [0.1, 0.15) is 15.9 Å². The summed E-state index contributed by atoms with van der Waals surface area (Å²) in [6, 6.07) is 16.5. The van der Waals surface area contributed by atoms with Crippen molar-refractivity contribution in [1.82, 2.24) is 9.21 Å². The van der Waals surface area contributed by atoms with Crippen LogP contribution in [0.4, 0.5) is 0 Å². The molecule has 2 aromatic rings. The Morgan fingerprint density at radius 3 is 2.19 bits per heavy atom. The number of rotatable bonds is 4. The number of amides is 1. The van der Waals surface area contributed by atoms with Crippen molar-refractivity contribution in [1.29, 1.82) is 0 Å². The van der Waals surface area contributed by atoms with Crippen molar-refractivity contribution in [2.75, 3.05) is 26.2 Å². The number of hydrogen-bond donors (Lipinski definition) is 0. The summed E-state index contributed by atoms with van der Waals surface area (Å²) in [6.07, 6.45) is 1.59. The third-order valence-electron chi connectivity index (χ3n) is 4.22. The molecule has 0 saturated carbocycles. The predicted molar refractivity (Wildman–Crippen MR) is 106 cm³/mol. The maximum absolute atomic E-state index is 12.6. The highest BCUT2D eigenvalue weighted by Crippen LogP contribution is 2.19. The molecule has 0 N–H and O–H groups in total. The lowest BCUT2D eigenvalue weighted by atomic mass is 10.2. The number of hydrogen-bond acceptors (Lipinski definition) is 3. The van der Waals surface area contributed by atoms with Crippen molar-refractivity contribution in [3.05, 3.63) is 75.6 Å². The van der Waals surface area contributed by atoms with Crippen molar-refractivity contribution in [3.8, 4) is 0 Å². The van der Waals surface area contributed by atoms with Crippen LogP contribution in [0.25, 0.3) is 6.08 Å². The van der Waals surface area contributed by atoms with E-state index in [9.17, 15) is 13.2 Å². The summed E-state index contributed by atoms with van der Waals surface area (Å²) in [7, 11) is -3.50. The van der Waals surface area contributed by atoms with Gasteiger partial charge >= 0.3 is 0 Å². The fourth-order valence-corrected chi connectivity index (χ4v) is 4.39. The Morgan fingerprint density at radius 2 is 1.54 bits per heavy atom. The zero-order valence-corrected chi connectivity index (χ0v) is 16.5. The molecular formula is C19H19BrN2O3S. The lowest BCUT2D eigenvalue weighted by Crippen LogP contribution is -2.50. The minimum Gasteiger partial charge on any atom is -0.336 e. The van der Waals surface area contributed by atoms with Gasteiger partial charge in [-0.05, 0) is 39.7 Å². The molecule has 5 nitrogen and oxygen atoms in total. The molecule has 26 heavy (non-hydrogen) atoms. The van der Waals surface area contributed by atoms with Crippen LogP contribution >= 0.6 is 15.9 Å². The lowest BCUT2D eigenvalue weighted by molar-refractivity contribution is 0.0697. The number of benzene rings is 2. The molecule has 1 fully saturated rings. The molecule has 0 spiro atoms.